The molecule has 0 unspecified atom stereocenters. The maximum Gasteiger partial charge on any atom is 0.233 e. The summed E-state index contributed by atoms with van der Waals surface area (Å²) in [5.41, 5.74) is 2.63. The Kier molecular flexibility index (Phi) is 4.48. The van der Waals surface area contributed by atoms with Gasteiger partial charge in [0.2, 0.25) is 5.88 Å². The predicted molar refractivity (Wildman–Crippen MR) is 86.5 cm³/mol. The van der Waals surface area contributed by atoms with Gasteiger partial charge in [-0.2, -0.15) is 0 Å². The van der Waals surface area contributed by atoms with Crippen molar-refractivity contribution in [1.82, 2.24) is 4.98 Å². The van der Waals surface area contributed by atoms with E-state index in [4.69, 9.17) is 4.74 Å². The second-order valence-corrected chi connectivity index (χ2v) is 6.40. The summed E-state index contributed by atoms with van der Waals surface area (Å²) in [5, 5.41) is 0. The average Bonchev–Trinajstić information content (AvgIpc) is 2.44. The standard InChI is InChI=1S/C17H20BrNO/c1-5-17(3,4)13-6-8-14(9-7-13)20-16-15(18)12(2)10-11-19-16/h6-11H,5H2,1-4H3. The van der Waals surface area contributed by atoms with Crippen LogP contribution in [0.25, 0.3) is 0 Å². The number of halogens is 1. The van der Waals surface area contributed by atoms with Gasteiger partial charge in [-0.1, -0.05) is 32.9 Å². The molecule has 3 heteroatoms. The molecule has 0 spiro atoms. The lowest BCUT2D eigenvalue weighted by molar-refractivity contribution is 0.457. The molecule has 1 aromatic heterocycles. The van der Waals surface area contributed by atoms with Crippen LogP contribution in [0.2, 0.25) is 0 Å². The number of benzene rings is 1. The van der Waals surface area contributed by atoms with E-state index in [0.29, 0.717) is 5.88 Å². The highest BCUT2D eigenvalue weighted by Gasteiger charge is 2.17. The van der Waals surface area contributed by atoms with Gasteiger partial charge in [-0.25, -0.2) is 4.98 Å². The van der Waals surface area contributed by atoms with Crippen LogP contribution in [-0.2, 0) is 5.41 Å². The molecule has 0 amide bonds. The van der Waals surface area contributed by atoms with E-state index in [2.05, 4.69) is 53.8 Å². The van der Waals surface area contributed by atoms with Crippen molar-refractivity contribution >= 4 is 15.9 Å². The van der Waals surface area contributed by atoms with E-state index in [9.17, 15) is 0 Å². The second-order valence-electron chi connectivity index (χ2n) is 5.61. The lowest BCUT2D eigenvalue weighted by Gasteiger charge is -2.23. The van der Waals surface area contributed by atoms with Crippen LogP contribution in [0.4, 0.5) is 0 Å². The molecule has 2 rings (SSSR count). The molecule has 20 heavy (non-hydrogen) atoms. The van der Waals surface area contributed by atoms with Gasteiger partial charge in [-0.05, 0) is 64.0 Å². The quantitative estimate of drug-likeness (QED) is 0.723. The molecule has 0 fully saturated rings. The molecule has 0 aliphatic heterocycles. The smallest absolute Gasteiger partial charge is 0.233 e. The zero-order valence-corrected chi connectivity index (χ0v) is 14.0. The Labute approximate surface area is 129 Å². The van der Waals surface area contributed by atoms with Gasteiger partial charge in [0.05, 0.1) is 4.47 Å². The van der Waals surface area contributed by atoms with Crippen molar-refractivity contribution < 1.29 is 4.74 Å². The summed E-state index contributed by atoms with van der Waals surface area (Å²) in [6.45, 7) is 8.73. The maximum absolute atomic E-state index is 5.83. The third kappa shape index (κ3) is 3.21. The van der Waals surface area contributed by atoms with Crippen LogP contribution in [0.3, 0.4) is 0 Å². The molecular weight excluding hydrogens is 314 g/mol. The van der Waals surface area contributed by atoms with Gasteiger partial charge >= 0.3 is 0 Å². The molecule has 106 valence electrons. The molecule has 0 saturated carbocycles. The molecule has 0 aliphatic rings. The van der Waals surface area contributed by atoms with Crippen LogP contribution < -0.4 is 4.74 Å². The van der Waals surface area contributed by atoms with Crippen molar-refractivity contribution in [1.29, 1.82) is 0 Å². The first-order valence-electron chi connectivity index (χ1n) is 6.83. The van der Waals surface area contributed by atoms with Crippen LogP contribution >= 0.6 is 15.9 Å². The number of aromatic nitrogens is 1. The molecular formula is C17H20BrNO. The number of rotatable bonds is 4. The molecule has 0 aliphatic carbocycles. The Morgan fingerprint density at radius 2 is 1.80 bits per heavy atom. The Hall–Kier alpha value is -1.35. The Bertz CT molecular complexity index is 590. The normalized spacial score (nSPS) is 11.4. The number of aryl methyl sites for hydroxylation is 1. The molecule has 2 nitrogen and oxygen atoms in total. The fourth-order valence-corrected chi connectivity index (χ4v) is 2.19. The first kappa shape index (κ1) is 15.0. The monoisotopic (exact) mass is 333 g/mol. The van der Waals surface area contributed by atoms with Gasteiger partial charge in [0.15, 0.2) is 0 Å². The largest absolute Gasteiger partial charge is 0.438 e. The summed E-state index contributed by atoms with van der Waals surface area (Å²) < 4.78 is 6.73. The molecule has 0 atom stereocenters. The van der Waals surface area contributed by atoms with Crippen molar-refractivity contribution in [2.75, 3.05) is 0 Å². The summed E-state index contributed by atoms with van der Waals surface area (Å²) in [5.74, 6) is 1.41. The SMILES string of the molecule is CCC(C)(C)c1ccc(Oc2nccc(C)c2Br)cc1. The molecule has 1 heterocycles. The summed E-state index contributed by atoms with van der Waals surface area (Å²) in [6.07, 6.45) is 2.86. The van der Waals surface area contributed by atoms with Gasteiger partial charge in [0.1, 0.15) is 5.75 Å². The van der Waals surface area contributed by atoms with Crippen LogP contribution in [0.5, 0.6) is 11.6 Å². The van der Waals surface area contributed by atoms with Crippen LogP contribution in [0, 0.1) is 6.92 Å². The summed E-state index contributed by atoms with van der Waals surface area (Å²) >= 11 is 3.51. The molecule has 2 aromatic rings. The number of ether oxygens (including phenoxy) is 1. The van der Waals surface area contributed by atoms with Crippen molar-refractivity contribution in [3.8, 4) is 11.6 Å². The number of pyridine rings is 1. The Balaban J connectivity index is 2.21. The zero-order valence-electron chi connectivity index (χ0n) is 12.4. The number of nitrogens with zero attached hydrogens (tertiary/aromatic N) is 1. The molecule has 0 radical (unpaired) electrons. The third-order valence-electron chi connectivity index (χ3n) is 3.78. The van der Waals surface area contributed by atoms with Crippen LogP contribution in [0.15, 0.2) is 41.0 Å². The van der Waals surface area contributed by atoms with E-state index in [1.807, 2.05) is 25.1 Å². The van der Waals surface area contributed by atoms with E-state index in [1.165, 1.54) is 5.56 Å². The summed E-state index contributed by atoms with van der Waals surface area (Å²) in [6, 6.07) is 10.2. The highest BCUT2D eigenvalue weighted by Crippen LogP contribution is 2.32. The Morgan fingerprint density at radius 3 is 2.40 bits per heavy atom. The van der Waals surface area contributed by atoms with E-state index < -0.39 is 0 Å². The topological polar surface area (TPSA) is 22.1 Å². The average molecular weight is 334 g/mol. The third-order valence-corrected chi connectivity index (χ3v) is 4.75. The first-order chi connectivity index (χ1) is 9.44. The van der Waals surface area contributed by atoms with Gasteiger partial charge in [-0.15, -0.1) is 0 Å². The van der Waals surface area contributed by atoms with Crippen LogP contribution in [0.1, 0.15) is 38.3 Å². The minimum Gasteiger partial charge on any atom is -0.438 e. The highest BCUT2D eigenvalue weighted by atomic mass is 79.9. The zero-order chi connectivity index (χ0) is 14.8. The van der Waals surface area contributed by atoms with E-state index in [-0.39, 0.29) is 5.41 Å². The van der Waals surface area contributed by atoms with E-state index >= 15 is 0 Å². The van der Waals surface area contributed by atoms with Crippen molar-refractivity contribution in [3.63, 3.8) is 0 Å². The molecule has 0 N–H and O–H groups in total. The summed E-state index contributed by atoms with van der Waals surface area (Å²) in [7, 11) is 0. The Morgan fingerprint density at radius 1 is 1.15 bits per heavy atom. The second kappa shape index (κ2) is 5.96. The first-order valence-corrected chi connectivity index (χ1v) is 7.63. The van der Waals surface area contributed by atoms with Crippen LogP contribution in [-0.4, -0.2) is 4.98 Å². The minimum absolute atomic E-state index is 0.195. The molecule has 1 aromatic carbocycles. The fraction of sp³-hybridized carbons (Fsp3) is 0.353. The molecule has 0 saturated heterocycles. The van der Waals surface area contributed by atoms with Crippen molar-refractivity contribution in [2.24, 2.45) is 0 Å². The van der Waals surface area contributed by atoms with Crippen molar-refractivity contribution in [2.45, 2.75) is 39.5 Å². The fourth-order valence-electron chi connectivity index (χ4n) is 1.88. The van der Waals surface area contributed by atoms with Gasteiger partial charge < -0.3 is 4.74 Å². The minimum atomic E-state index is 0.195. The maximum atomic E-state index is 5.83. The highest BCUT2D eigenvalue weighted by molar-refractivity contribution is 9.10. The van der Waals surface area contributed by atoms with Gasteiger partial charge in [0.25, 0.3) is 0 Å². The van der Waals surface area contributed by atoms with Gasteiger partial charge in [-0.3, -0.25) is 0 Å². The van der Waals surface area contributed by atoms with E-state index in [0.717, 1.165) is 22.2 Å². The molecule has 0 bridgehead atoms. The summed E-state index contributed by atoms with van der Waals surface area (Å²) in [4.78, 5) is 4.25. The number of hydrogen-bond donors (Lipinski definition) is 0. The van der Waals surface area contributed by atoms with Gasteiger partial charge in [0, 0.05) is 6.20 Å². The predicted octanol–water partition coefficient (Wildman–Crippen LogP) is 5.63. The lowest BCUT2D eigenvalue weighted by Crippen LogP contribution is -2.14. The number of hydrogen-bond acceptors (Lipinski definition) is 2. The van der Waals surface area contributed by atoms with E-state index in [1.54, 1.807) is 6.20 Å². The lowest BCUT2D eigenvalue weighted by atomic mass is 9.82. The van der Waals surface area contributed by atoms with Crippen molar-refractivity contribution in [3.05, 3.63) is 52.1 Å².